The molecule has 2 N–H and O–H groups in total. The van der Waals surface area contributed by atoms with Gasteiger partial charge in [-0.05, 0) is 31.5 Å². The summed E-state index contributed by atoms with van der Waals surface area (Å²) in [4.78, 5) is 2.45. The summed E-state index contributed by atoms with van der Waals surface area (Å²) in [6.45, 7) is 5.56. The van der Waals surface area contributed by atoms with Crippen molar-refractivity contribution < 1.29 is 5.11 Å². The summed E-state index contributed by atoms with van der Waals surface area (Å²) >= 11 is 0. The number of rotatable bonds is 5. The van der Waals surface area contributed by atoms with Crippen molar-refractivity contribution in [3.05, 3.63) is 35.9 Å². The molecular formula is C15H24N2O. The van der Waals surface area contributed by atoms with Gasteiger partial charge in [-0.3, -0.25) is 0 Å². The van der Waals surface area contributed by atoms with Crippen LogP contribution in [0.2, 0.25) is 0 Å². The Morgan fingerprint density at radius 3 is 2.61 bits per heavy atom. The highest BCUT2D eigenvalue weighted by atomic mass is 16.3. The van der Waals surface area contributed by atoms with Crippen LogP contribution in [-0.4, -0.2) is 43.3 Å². The first-order valence-electron chi connectivity index (χ1n) is 6.78. The Balaban J connectivity index is 2.16. The third kappa shape index (κ3) is 2.74. The van der Waals surface area contributed by atoms with Crippen molar-refractivity contribution in [3.8, 4) is 0 Å². The van der Waals surface area contributed by atoms with E-state index >= 15 is 0 Å². The van der Waals surface area contributed by atoms with Gasteiger partial charge in [0.15, 0.2) is 0 Å². The van der Waals surface area contributed by atoms with E-state index in [9.17, 15) is 5.11 Å². The molecule has 3 nitrogen and oxygen atoms in total. The fraction of sp³-hybridized carbons (Fsp3) is 0.600. The average Bonchev–Trinajstić information content (AvgIpc) is 2.82. The summed E-state index contributed by atoms with van der Waals surface area (Å²) < 4.78 is 0. The topological polar surface area (TPSA) is 35.5 Å². The van der Waals surface area contributed by atoms with Gasteiger partial charge in [-0.2, -0.15) is 0 Å². The van der Waals surface area contributed by atoms with E-state index < -0.39 is 0 Å². The minimum absolute atomic E-state index is 0.123. The lowest BCUT2D eigenvalue weighted by Gasteiger charge is -2.36. The van der Waals surface area contributed by atoms with Crippen molar-refractivity contribution in [1.29, 1.82) is 0 Å². The molecule has 100 valence electrons. The van der Waals surface area contributed by atoms with E-state index in [0.717, 1.165) is 31.1 Å². The lowest BCUT2D eigenvalue weighted by Crippen LogP contribution is -2.51. The molecule has 0 spiro atoms. The molecular weight excluding hydrogens is 224 g/mol. The van der Waals surface area contributed by atoms with Crippen LogP contribution < -0.4 is 5.32 Å². The van der Waals surface area contributed by atoms with Crippen LogP contribution in [0.5, 0.6) is 0 Å². The Bertz CT molecular complexity index is 362. The van der Waals surface area contributed by atoms with E-state index in [1.165, 1.54) is 6.42 Å². The van der Waals surface area contributed by atoms with Crippen molar-refractivity contribution in [2.75, 3.05) is 33.3 Å². The van der Waals surface area contributed by atoms with Gasteiger partial charge < -0.3 is 15.3 Å². The second-order valence-electron chi connectivity index (χ2n) is 5.49. The molecule has 1 fully saturated rings. The van der Waals surface area contributed by atoms with Crippen LogP contribution in [0.1, 0.15) is 18.9 Å². The summed E-state index contributed by atoms with van der Waals surface area (Å²) in [7, 11) is 1.93. The fourth-order valence-corrected chi connectivity index (χ4v) is 2.84. The van der Waals surface area contributed by atoms with E-state index in [1.807, 2.05) is 25.2 Å². The number of hydrogen-bond donors (Lipinski definition) is 2. The van der Waals surface area contributed by atoms with Crippen LogP contribution in [0.25, 0.3) is 0 Å². The Kier molecular flexibility index (Phi) is 4.38. The maximum atomic E-state index is 9.87. The van der Waals surface area contributed by atoms with E-state index in [4.69, 9.17) is 0 Å². The minimum Gasteiger partial charge on any atom is -0.394 e. The van der Waals surface area contributed by atoms with Crippen molar-refractivity contribution in [2.45, 2.75) is 18.9 Å². The molecule has 0 radical (unpaired) electrons. The van der Waals surface area contributed by atoms with Crippen LogP contribution in [-0.2, 0) is 5.54 Å². The van der Waals surface area contributed by atoms with E-state index in [-0.39, 0.29) is 12.1 Å². The predicted molar refractivity (Wildman–Crippen MR) is 74.5 cm³/mol. The predicted octanol–water partition coefficient (Wildman–Crippen LogP) is 1.44. The zero-order chi connectivity index (χ0) is 13.0. The van der Waals surface area contributed by atoms with Crippen LogP contribution >= 0.6 is 0 Å². The highest BCUT2D eigenvalue weighted by Gasteiger charge is 2.33. The van der Waals surface area contributed by atoms with E-state index in [2.05, 4.69) is 29.3 Å². The number of nitrogens with zero attached hydrogens (tertiary/aromatic N) is 1. The number of likely N-dealkylation sites (tertiary alicyclic amines) is 1. The molecule has 2 unspecified atom stereocenters. The van der Waals surface area contributed by atoms with Crippen molar-refractivity contribution in [3.63, 3.8) is 0 Å². The maximum Gasteiger partial charge on any atom is 0.0795 e. The Morgan fingerprint density at radius 2 is 2.11 bits per heavy atom. The largest absolute Gasteiger partial charge is 0.394 e. The van der Waals surface area contributed by atoms with Gasteiger partial charge in [-0.1, -0.05) is 37.3 Å². The smallest absolute Gasteiger partial charge is 0.0795 e. The molecule has 0 aliphatic carbocycles. The Morgan fingerprint density at radius 1 is 1.39 bits per heavy atom. The normalized spacial score (nSPS) is 24.1. The standard InChI is InChI=1S/C15H24N2O/c1-13-8-9-17(10-13)11-15(12-18,16-2)14-6-4-3-5-7-14/h3-7,13,16,18H,8-12H2,1-2H3. The summed E-state index contributed by atoms with van der Waals surface area (Å²) in [5, 5.41) is 13.2. The fourth-order valence-electron chi connectivity index (χ4n) is 2.84. The molecule has 3 heteroatoms. The summed E-state index contributed by atoms with van der Waals surface area (Å²) in [6.07, 6.45) is 1.26. The second-order valence-corrected chi connectivity index (χ2v) is 5.49. The summed E-state index contributed by atoms with van der Waals surface area (Å²) in [5.41, 5.74) is 0.820. The number of likely N-dealkylation sites (N-methyl/N-ethyl adjacent to an activating group) is 1. The lowest BCUT2D eigenvalue weighted by molar-refractivity contribution is 0.123. The molecule has 1 saturated heterocycles. The number of aliphatic hydroxyl groups excluding tert-OH is 1. The molecule has 2 atom stereocenters. The van der Waals surface area contributed by atoms with Gasteiger partial charge in [-0.25, -0.2) is 0 Å². The van der Waals surface area contributed by atoms with Crippen LogP contribution in [0.15, 0.2) is 30.3 Å². The highest BCUT2D eigenvalue weighted by Crippen LogP contribution is 2.25. The average molecular weight is 248 g/mol. The van der Waals surface area contributed by atoms with Gasteiger partial charge in [0, 0.05) is 13.1 Å². The van der Waals surface area contributed by atoms with E-state index in [1.54, 1.807) is 0 Å². The van der Waals surface area contributed by atoms with E-state index in [0.29, 0.717) is 0 Å². The van der Waals surface area contributed by atoms with Crippen LogP contribution in [0.3, 0.4) is 0 Å². The van der Waals surface area contributed by atoms with Gasteiger partial charge in [-0.15, -0.1) is 0 Å². The first-order valence-corrected chi connectivity index (χ1v) is 6.78. The molecule has 18 heavy (non-hydrogen) atoms. The van der Waals surface area contributed by atoms with Crippen molar-refractivity contribution in [1.82, 2.24) is 10.2 Å². The highest BCUT2D eigenvalue weighted by molar-refractivity contribution is 5.25. The number of hydrogen-bond acceptors (Lipinski definition) is 3. The molecule has 2 rings (SSSR count). The molecule has 1 aliphatic heterocycles. The number of aliphatic hydroxyl groups is 1. The zero-order valence-corrected chi connectivity index (χ0v) is 11.4. The van der Waals surface area contributed by atoms with Gasteiger partial charge >= 0.3 is 0 Å². The molecule has 1 aliphatic rings. The quantitative estimate of drug-likeness (QED) is 0.827. The first-order chi connectivity index (χ1) is 8.70. The number of nitrogens with one attached hydrogen (secondary N) is 1. The van der Waals surface area contributed by atoms with Gasteiger partial charge in [0.25, 0.3) is 0 Å². The molecule has 0 bridgehead atoms. The van der Waals surface area contributed by atoms with Gasteiger partial charge in [0.1, 0.15) is 0 Å². The summed E-state index contributed by atoms with van der Waals surface area (Å²) in [5.74, 6) is 0.772. The molecule has 0 amide bonds. The molecule has 1 aromatic carbocycles. The molecule has 1 heterocycles. The lowest BCUT2D eigenvalue weighted by atomic mass is 9.90. The first kappa shape index (κ1) is 13.5. The monoisotopic (exact) mass is 248 g/mol. The zero-order valence-electron chi connectivity index (χ0n) is 11.4. The minimum atomic E-state index is -0.342. The SMILES string of the molecule is CNC(CO)(CN1CCC(C)C1)c1ccccc1. The van der Waals surface area contributed by atoms with Gasteiger partial charge in [0.2, 0.25) is 0 Å². The third-order valence-electron chi connectivity index (χ3n) is 4.08. The maximum absolute atomic E-state index is 9.87. The third-order valence-corrected chi connectivity index (χ3v) is 4.08. The Labute approximate surface area is 110 Å². The van der Waals surface area contributed by atoms with Gasteiger partial charge in [0.05, 0.1) is 12.1 Å². The second kappa shape index (κ2) is 5.83. The van der Waals surface area contributed by atoms with Crippen LogP contribution in [0, 0.1) is 5.92 Å². The van der Waals surface area contributed by atoms with Crippen molar-refractivity contribution >= 4 is 0 Å². The number of benzene rings is 1. The Hall–Kier alpha value is -0.900. The molecule has 0 aromatic heterocycles. The van der Waals surface area contributed by atoms with Crippen molar-refractivity contribution in [2.24, 2.45) is 5.92 Å². The van der Waals surface area contributed by atoms with Crippen LogP contribution in [0.4, 0.5) is 0 Å². The molecule has 1 aromatic rings. The summed E-state index contributed by atoms with van der Waals surface area (Å²) in [6, 6.07) is 10.3. The molecule has 0 saturated carbocycles.